The van der Waals surface area contributed by atoms with Crippen LogP contribution in [0.1, 0.15) is 20.8 Å². The van der Waals surface area contributed by atoms with Crippen LogP contribution >= 0.6 is 0 Å². The Morgan fingerprint density at radius 3 is 1.92 bits per heavy atom. The molecular formula is C8H17F3N2. The first kappa shape index (κ1) is 12.7. The number of halogens is 3. The van der Waals surface area contributed by atoms with Crippen LogP contribution in [0.5, 0.6) is 0 Å². The van der Waals surface area contributed by atoms with Crippen LogP contribution in [-0.2, 0) is 0 Å². The molecule has 0 fully saturated rings. The van der Waals surface area contributed by atoms with Gasteiger partial charge in [-0.1, -0.05) is 20.8 Å². The van der Waals surface area contributed by atoms with E-state index in [1.165, 1.54) is 0 Å². The second-order valence-corrected chi connectivity index (χ2v) is 4.15. The Morgan fingerprint density at radius 1 is 1.23 bits per heavy atom. The van der Waals surface area contributed by atoms with Crippen molar-refractivity contribution >= 4 is 0 Å². The van der Waals surface area contributed by atoms with E-state index in [4.69, 9.17) is 5.73 Å². The van der Waals surface area contributed by atoms with Gasteiger partial charge in [-0.05, 0) is 5.41 Å². The molecule has 0 aliphatic carbocycles. The lowest BCUT2D eigenvalue weighted by atomic mass is 9.87. The summed E-state index contributed by atoms with van der Waals surface area (Å²) in [6.45, 7) is 4.79. The molecule has 0 amide bonds. The Kier molecular flexibility index (Phi) is 4.19. The molecule has 0 aromatic carbocycles. The fourth-order valence-electron chi connectivity index (χ4n) is 0.982. The van der Waals surface area contributed by atoms with Crippen molar-refractivity contribution in [2.24, 2.45) is 11.1 Å². The first-order valence-electron chi connectivity index (χ1n) is 4.17. The molecule has 0 spiro atoms. The van der Waals surface area contributed by atoms with Crippen molar-refractivity contribution in [1.29, 1.82) is 0 Å². The molecule has 2 nitrogen and oxygen atoms in total. The van der Waals surface area contributed by atoms with Gasteiger partial charge in [0.1, 0.15) is 0 Å². The van der Waals surface area contributed by atoms with E-state index in [-0.39, 0.29) is 18.0 Å². The summed E-state index contributed by atoms with van der Waals surface area (Å²) < 4.78 is 35.5. The van der Waals surface area contributed by atoms with Crippen molar-refractivity contribution in [3.63, 3.8) is 0 Å². The number of rotatable bonds is 3. The van der Waals surface area contributed by atoms with Crippen LogP contribution in [0.4, 0.5) is 13.2 Å². The number of nitrogens with one attached hydrogen (secondary N) is 1. The fourth-order valence-corrected chi connectivity index (χ4v) is 0.982. The lowest BCUT2D eigenvalue weighted by molar-refractivity contribution is -0.127. The van der Waals surface area contributed by atoms with Gasteiger partial charge in [-0.2, -0.15) is 13.2 Å². The van der Waals surface area contributed by atoms with Crippen LogP contribution in [0.25, 0.3) is 0 Å². The van der Waals surface area contributed by atoms with Crippen molar-refractivity contribution in [3.05, 3.63) is 0 Å². The third-order valence-electron chi connectivity index (χ3n) is 1.83. The molecule has 0 saturated carbocycles. The average Bonchev–Trinajstić information content (AvgIpc) is 1.82. The van der Waals surface area contributed by atoms with E-state index in [1.807, 2.05) is 20.8 Å². The van der Waals surface area contributed by atoms with E-state index in [0.29, 0.717) is 0 Å². The Morgan fingerprint density at radius 2 is 1.69 bits per heavy atom. The zero-order valence-corrected chi connectivity index (χ0v) is 8.20. The smallest absolute Gasteiger partial charge is 0.329 e. The number of alkyl halides is 3. The van der Waals surface area contributed by atoms with E-state index in [9.17, 15) is 13.2 Å². The third-order valence-corrected chi connectivity index (χ3v) is 1.83. The summed E-state index contributed by atoms with van der Waals surface area (Å²) in [5, 5.41) is 2.40. The monoisotopic (exact) mass is 198 g/mol. The molecule has 1 atom stereocenters. The van der Waals surface area contributed by atoms with Crippen LogP contribution in [0.15, 0.2) is 0 Å². The van der Waals surface area contributed by atoms with Gasteiger partial charge in [0.25, 0.3) is 0 Å². The number of hydrogen-bond donors (Lipinski definition) is 2. The van der Waals surface area contributed by atoms with Crippen molar-refractivity contribution in [1.82, 2.24) is 5.32 Å². The third kappa shape index (κ3) is 5.87. The molecule has 5 heteroatoms. The summed E-state index contributed by atoms with van der Waals surface area (Å²) in [5.74, 6) is 0. The molecule has 0 heterocycles. The lowest BCUT2D eigenvalue weighted by Crippen LogP contribution is -2.48. The highest BCUT2D eigenvalue weighted by atomic mass is 19.4. The molecule has 0 rings (SSSR count). The molecule has 0 aromatic heterocycles. The molecule has 0 aliphatic rings. The van der Waals surface area contributed by atoms with Crippen LogP contribution in [0, 0.1) is 5.41 Å². The minimum atomic E-state index is -4.17. The molecule has 80 valence electrons. The van der Waals surface area contributed by atoms with Gasteiger partial charge in [-0.15, -0.1) is 0 Å². The van der Waals surface area contributed by atoms with E-state index in [0.717, 1.165) is 0 Å². The molecule has 1 unspecified atom stereocenters. The van der Waals surface area contributed by atoms with E-state index >= 15 is 0 Å². The molecule has 13 heavy (non-hydrogen) atoms. The van der Waals surface area contributed by atoms with Crippen LogP contribution < -0.4 is 11.1 Å². The average molecular weight is 198 g/mol. The summed E-state index contributed by atoms with van der Waals surface area (Å²) in [5.41, 5.74) is 5.11. The van der Waals surface area contributed by atoms with Gasteiger partial charge in [-0.3, -0.25) is 0 Å². The minimum Gasteiger partial charge on any atom is -0.329 e. The van der Waals surface area contributed by atoms with Crippen LogP contribution in [0.2, 0.25) is 0 Å². The van der Waals surface area contributed by atoms with Gasteiger partial charge in [0, 0.05) is 12.6 Å². The molecule has 3 N–H and O–H groups in total. The first-order valence-corrected chi connectivity index (χ1v) is 4.17. The van der Waals surface area contributed by atoms with E-state index in [2.05, 4.69) is 5.32 Å². The number of hydrogen-bond acceptors (Lipinski definition) is 2. The van der Waals surface area contributed by atoms with E-state index in [1.54, 1.807) is 0 Å². The lowest BCUT2D eigenvalue weighted by Gasteiger charge is -2.30. The summed E-state index contributed by atoms with van der Waals surface area (Å²) >= 11 is 0. The predicted molar refractivity (Wildman–Crippen MR) is 46.4 cm³/mol. The summed E-state index contributed by atoms with van der Waals surface area (Å²) in [6.07, 6.45) is -4.17. The highest BCUT2D eigenvalue weighted by Crippen LogP contribution is 2.20. The minimum absolute atomic E-state index is 0.208. The second kappa shape index (κ2) is 4.28. The Bertz CT molecular complexity index is 148. The Labute approximate surface area is 76.7 Å². The fraction of sp³-hybridized carbons (Fsp3) is 1.00. The molecule has 0 bridgehead atoms. The molecular weight excluding hydrogens is 181 g/mol. The van der Waals surface area contributed by atoms with Crippen molar-refractivity contribution in [2.75, 3.05) is 13.1 Å². The maximum Gasteiger partial charge on any atom is 0.401 e. The summed E-state index contributed by atoms with van der Waals surface area (Å²) in [7, 11) is 0. The van der Waals surface area contributed by atoms with Gasteiger partial charge in [-0.25, -0.2) is 0 Å². The maximum atomic E-state index is 11.8. The van der Waals surface area contributed by atoms with Gasteiger partial charge in [0.05, 0.1) is 6.54 Å². The maximum absolute atomic E-state index is 11.8. The SMILES string of the molecule is CC(C)(C)C(CN)NCC(F)(F)F. The van der Waals surface area contributed by atoms with Gasteiger partial charge in [0.15, 0.2) is 0 Å². The zero-order chi connectivity index (χ0) is 10.7. The van der Waals surface area contributed by atoms with Gasteiger partial charge < -0.3 is 11.1 Å². The summed E-state index contributed by atoms with van der Waals surface area (Å²) in [4.78, 5) is 0. The molecule has 0 aliphatic heterocycles. The molecule has 0 aromatic rings. The molecule has 0 radical (unpaired) electrons. The predicted octanol–water partition coefficient (Wildman–Crippen LogP) is 1.51. The number of nitrogens with two attached hydrogens (primary N) is 1. The van der Waals surface area contributed by atoms with Crippen molar-refractivity contribution < 1.29 is 13.2 Å². The zero-order valence-electron chi connectivity index (χ0n) is 8.20. The molecule has 0 saturated heterocycles. The van der Waals surface area contributed by atoms with Crippen molar-refractivity contribution in [2.45, 2.75) is 33.0 Å². The second-order valence-electron chi connectivity index (χ2n) is 4.15. The first-order chi connectivity index (χ1) is 5.67. The van der Waals surface area contributed by atoms with Gasteiger partial charge >= 0.3 is 6.18 Å². The highest BCUT2D eigenvalue weighted by molar-refractivity contribution is 4.81. The normalized spacial score (nSPS) is 15.9. The largest absolute Gasteiger partial charge is 0.401 e. The van der Waals surface area contributed by atoms with Crippen molar-refractivity contribution in [3.8, 4) is 0 Å². The van der Waals surface area contributed by atoms with Crippen LogP contribution in [0.3, 0.4) is 0 Å². The highest BCUT2D eigenvalue weighted by Gasteiger charge is 2.31. The van der Waals surface area contributed by atoms with E-state index < -0.39 is 12.7 Å². The topological polar surface area (TPSA) is 38.0 Å². The Balaban J connectivity index is 4.02. The Hall–Kier alpha value is -0.290. The van der Waals surface area contributed by atoms with Crippen LogP contribution in [-0.4, -0.2) is 25.3 Å². The summed E-state index contributed by atoms with van der Waals surface area (Å²) in [6, 6.07) is -0.311. The standard InChI is InChI=1S/C8H17F3N2/c1-7(2,3)6(4-12)13-5-8(9,10)11/h6,13H,4-5,12H2,1-3H3. The quantitative estimate of drug-likeness (QED) is 0.721. The van der Waals surface area contributed by atoms with Gasteiger partial charge in [0.2, 0.25) is 0 Å².